The van der Waals surface area contributed by atoms with Gasteiger partial charge in [0.15, 0.2) is 0 Å². The zero-order valence-electron chi connectivity index (χ0n) is 12.9. The summed E-state index contributed by atoms with van der Waals surface area (Å²) in [6.45, 7) is 3.51. The number of aliphatic carboxylic acids is 1. The molecule has 1 fully saturated rings. The van der Waals surface area contributed by atoms with Gasteiger partial charge in [-0.3, -0.25) is 4.79 Å². The first-order chi connectivity index (χ1) is 10.0. The number of carboxylic acid groups (broad SMARTS) is 1. The molecule has 2 N–H and O–H groups in total. The zero-order chi connectivity index (χ0) is 15.9. The van der Waals surface area contributed by atoms with Gasteiger partial charge in [-0.1, -0.05) is 6.92 Å². The van der Waals surface area contributed by atoms with E-state index in [-0.39, 0.29) is 25.7 Å². The standard InChI is InChI=1S/C14H26N2O5/c1-3-14(12(18)19)5-4-6-16(11-14)13(20)15(7-9-17)8-10-21-2/h17H,3-11H2,1-2H3,(H,18,19). The highest BCUT2D eigenvalue weighted by atomic mass is 16.5. The van der Waals surface area contributed by atoms with Gasteiger partial charge < -0.3 is 24.7 Å². The third-order valence-electron chi connectivity index (χ3n) is 4.18. The minimum atomic E-state index is -0.847. The molecule has 0 radical (unpaired) electrons. The lowest BCUT2D eigenvalue weighted by Gasteiger charge is -2.41. The molecule has 0 bridgehead atoms. The molecule has 1 aliphatic heterocycles. The lowest BCUT2D eigenvalue weighted by atomic mass is 9.78. The zero-order valence-corrected chi connectivity index (χ0v) is 12.9. The van der Waals surface area contributed by atoms with Crippen LogP contribution in [0.25, 0.3) is 0 Å². The lowest BCUT2D eigenvalue weighted by molar-refractivity contribution is -0.152. The Morgan fingerprint density at radius 3 is 2.62 bits per heavy atom. The van der Waals surface area contributed by atoms with Crippen molar-refractivity contribution < 1.29 is 24.5 Å². The first-order valence-electron chi connectivity index (χ1n) is 7.37. The van der Waals surface area contributed by atoms with Crippen LogP contribution < -0.4 is 0 Å². The van der Waals surface area contributed by atoms with Gasteiger partial charge in [0.25, 0.3) is 0 Å². The van der Waals surface area contributed by atoms with Crippen molar-refractivity contribution in [2.45, 2.75) is 26.2 Å². The minimum absolute atomic E-state index is 0.124. The molecule has 0 aliphatic carbocycles. The Morgan fingerprint density at radius 1 is 1.38 bits per heavy atom. The second-order valence-electron chi connectivity index (χ2n) is 5.45. The summed E-state index contributed by atoms with van der Waals surface area (Å²) in [5, 5.41) is 18.5. The number of methoxy groups -OCH3 is 1. The highest BCUT2D eigenvalue weighted by Gasteiger charge is 2.42. The third-order valence-corrected chi connectivity index (χ3v) is 4.18. The highest BCUT2D eigenvalue weighted by Crippen LogP contribution is 2.34. The van der Waals surface area contributed by atoms with E-state index in [1.165, 1.54) is 4.90 Å². The molecule has 21 heavy (non-hydrogen) atoms. The van der Waals surface area contributed by atoms with Crippen molar-refractivity contribution in [1.29, 1.82) is 0 Å². The number of aliphatic hydroxyl groups is 1. The van der Waals surface area contributed by atoms with Crippen molar-refractivity contribution in [3.8, 4) is 0 Å². The average Bonchev–Trinajstić information content (AvgIpc) is 2.50. The maximum absolute atomic E-state index is 12.5. The van der Waals surface area contributed by atoms with Crippen LogP contribution in [0, 0.1) is 5.41 Å². The summed E-state index contributed by atoms with van der Waals surface area (Å²) in [4.78, 5) is 27.1. The van der Waals surface area contributed by atoms with E-state index in [9.17, 15) is 14.7 Å². The molecule has 1 unspecified atom stereocenters. The second kappa shape index (κ2) is 8.19. The molecule has 2 amide bonds. The van der Waals surface area contributed by atoms with Crippen molar-refractivity contribution in [2.75, 3.05) is 46.5 Å². The molecule has 1 rings (SSSR count). The first-order valence-corrected chi connectivity index (χ1v) is 7.37. The van der Waals surface area contributed by atoms with Crippen LogP contribution in [0.1, 0.15) is 26.2 Å². The van der Waals surface area contributed by atoms with E-state index in [0.717, 1.165) is 0 Å². The molecule has 1 aliphatic rings. The largest absolute Gasteiger partial charge is 0.481 e. The van der Waals surface area contributed by atoms with E-state index in [1.54, 1.807) is 12.0 Å². The van der Waals surface area contributed by atoms with E-state index in [1.807, 2.05) is 6.92 Å². The molecule has 0 spiro atoms. The van der Waals surface area contributed by atoms with E-state index >= 15 is 0 Å². The van der Waals surface area contributed by atoms with Crippen LogP contribution >= 0.6 is 0 Å². The monoisotopic (exact) mass is 302 g/mol. The van der Waals surface area contributed by atoms with E-state index in [4.69, 9.17) is 9.84 Å². The summed E-state index contributed by atoms with van der Waals surface area (Å²) in [5.74, 6) is -0.840. The molecule has 1 heterocycles. The predicted octanol–water partition coefficient (Wildman–Crippen LogP) is 0.624. The molecule has 122 valence electrons. The number of nitrogens with zero attached hydrogens (tertiary/aromatic N) is 2. The summed E-state index contributed by atoms with van der Waals surface area (Å²) < 4.78 is 4.97. The summed E-state index contributed by atoms with van der Waals surface area (Å²) in [6.07, 6.45) is 1.79. The number of hydrogen-bond acceptors (Lipinski definition) is 4. The number of amides is 2. The van der Waals surface area contributed by atoms with E-state index in [2.05, 4.69) is 0 Å². The van der Waals surface area contributed by atoms with Crippen LogP contribution in [0.3, 0.4) is 0 Å². The SMILES string of the molecule is CCC1(C(=O)O)CCCN(C(=O)N(CCO)CCOC)C1. The number of piperidine rings is 1. The number of carbonyl (C=O) groups is 2. The molecule has 1 saturated heterocycles. The Hall–Kier alpha value is -1.34. The summed E-state index contributed by atoms with van der Waals surface area (Å²) in [6, 6.07) is -0.222. The Kier molecular flexibility index (Phi) is 6.91. The van der Waals surface area contributed by atoms with Gasteiger partial charge >= 0.3 is 12.0 Å². The molecule has 0 saturated carbocycles. The summed E-state index contributed by atoms with van der Waals surface area (Å²) >= 11 is 0. The van der Waals surface area contributed by atoms with Crippen LogP contribution in [0.5, 0.6) is 0 Å². The van der Waals surface area contributed by atoms with Gasteiger partial charge in [0, 0.05) is 33.3 Å². The topological polar surface area (TPSA) is 90.3 Å². The van der Waals surface area contributed by atoms with Gasteiger partial charge in [-0.05, 0) is 19.3 Å². The van der Waals surface area contributed by atoms with Crippen molar-refractivity contribution in [3.63, 3.8) is 0 Å². The number of ether oxygens (including phenoxy) is 1. The number of likely N-dealkylation sites (tertiary alicyclic amines) is 1. The molecule has 0 aromatic heterocycles. The van der Waals surface area contributed by atoms with Crippen LogP contribution in [-0.2, 0) is 9.53 Å². The molecule has 0 aromatic carbocycles. The summed E-state index contributed by atoms with van der Waals surface area (Å²) in [5.41, 5.74) is -0.847. The van der Waals surface area contributed by atoms with Crippen molar-refractivity contribution >= 4 is 12.0 Å². The maximum Gasteiger partial charge on any atom is 0.320 e. The van der Waals surface area contributed by atoms with Gasteiger partial charge in [-0.2, -0.15) is 0 Å². The van der Waals surface area contributed by atoms with Gasteiger partial charge in [-0.15, -0.1) is 0 Å². The normalized spacial score (nSPS) is 22.1. The number of urea groups is 1. The molecule has 1 atom stereocenters. The second-order valence-corrected chi connectivity index (χ2v) is 5.45. The predicted molar refractivity (Wildman–Crippen MR) is 77.1 cm³/mol. The minimum Gasteiger partial charge on any atom is -0.481 e. The number of carboxylic acids is 1. The fourth-order valence-electron chi connectivity index (χ4n) is 2.73. The van der Waals surface area contributed by atoms with Crippen LogP contribution in [0.15, 0.2) is 0 Å². The number of aliphatic hydroxyl groups excluding tert-OH is 1. The fourth-order valence-corrected chi connectivity index (χ4v) is 2.73. The Balaban J connectivity index is 2.77. The molecular weight excluding hydrogens is 276 g/mol. The number of rotatable bonds is 7. The van der Waals surface area contributed by atoms with Crippen LogP contribution in [0.4, 0.5) is 4.79 Å². The van der Waals surface area contributed by atoms with Gasteiger partial charge in [0.05, 0.1) is 18.6 Å². The average molecular weight is 302 g/mol. The van der Waals surface area contributed by atoms with Crippen molar-refractivity contribution in [2.24, 2.45) is 5.41 Å². The molecule has 0 aromatic rings. The molecule has 7 heteroatoms. The highest BCUT2D eigenvalue weighted by molar-refractivity contribution is 5.79. The Bertz CT molecular complexity index is 363. The van der Waals surface area contributed by atoms with E-state index in [0.29, 0.717) is 39.0 Å². The van der Waals surface area contributed by atoms with Gasteiger partial charge in [-0.25, -0.2) is 4.79 Å². The maximum atomic E-state index is 12.5. The van der Waals surface area contributed by atoms with Crippen molar-refractivity contribution in [3.05, 3.63) is 0 Å². The Labute approximate surface area is 125 Å². The Morgan fingerprint density at radius 2 is 2.10 bits per heavy atom. The first kappa shape index (κ1) is 17.7. The van der Waals surface area contributed by atoms with Crippen LogP contribution in [-0.4, -0.2) is 78.5 Å². The molecular formula is C14H26N2O5. The van der Waals surface area contributed by atoms with Gasteiger partial charge in [0.1, 0.15) is 0 Å². The smallest absolute Gasteiger partial charge is 0.320 e. The van der Waals surface area contributed by atoms with Crippen molar-refractivity contribution in [1.82, 2.24) is 9.80 Å². The lowest BCUT2D eigenvalue weighted by Crippen LogP contribution is -2.54. The number of hydrogen-bond donors (Lipinski definition) is 2. The fraction of sp³-hybridized carbons (Fsp3) is 0.857. The third kappa shape index (κ3) is 4.31. The van der Waals surface area contributed by atoms with Crippen LogP contribution in [0.2, 0.25) is 0 Å². The summed E-state index contributed by atoms with van der Waals surface area (Å²) in [7, 11) is 1.55. The van der Waals surface area contributed by atoms with Gasteiger partial charge in [0.2, 0.25) is 0 Å². The quantitative estimate of drug-likeness (QED) is 0.719. The number of carbonyl (C=O) groups excluding carboxylic acids is 1. The molecule has 7 nitrogen and oxygen atoms in total. The van der Waals surface area contributed by atoms with E-state index < -0.39 is 11.4 Å².